The van der Waals surface area contributed by atoms with Crippen molar-refractivity contribution in [2.45, 2.75) is 6.10 Å². The van der Waals surface area contributed by atoms with Crippen LogP contribution in [0.15, 0.2) is 60.1 Å². The van der Waals surface area contributed by atoms with Crippen LogP contribution in [0, 0.1) is 0 Å². The molecule has 0 amide bonds. The lowest BCUT2D eigenvalue weighted by Crippen LogP contribution is -2.17. The average molecular weight is 299 g/mol. The van der Waals surface area contributed by atoms with Gasteiger partial charge in [0.25, 0.3) is 0 Å². The largest absolute Gasteiger partial charge is 0.461 e. The van der Waals surface area contributed by atoms with E-state index in [1.165, 1.54) is 0 Å². The molecule has 0 bridgehead atoms. The van der Waals surface area contributed by atoms with E-state index in [4.69, 9.17) is 16.3 Å². The molecule has 0 aliphatic carbocycles. The summed E-state index contributed by atoms with van der Waals surface area (Å²) in [4.78, 5) is 12.5. The van der Waals surface area contributed by atoms with Gasteiger partial charge in [-0.1, -0.05) is 35.9 Å². The molecule has 2 N–H and O–H groups in total. The number of Topliss-reactive ketones (excluding diaryl/α,β-unsaturated/α-hetero) is 1. The van der Waals surface area contributed by atoms with E-state index in [0.29, 0.717) is 16.6 Å². The summed E-state index contributed by atoms with van der Waals surface area (Å²) in [6, 6.07) is 14.8. The van der Waals surface area contributed by atoms with Crippen molar-refractivity contribution in [1.82, 2.24) is 0 Å². The number of nitrogens with one attached hydrogen (secondary N) is 2. The van der Waals surface area contributed by atoms with E-state index in [9.17, 15) is 4.79 Å². The first-order valence-electron chi connectivity index (χ1n) is 6.56. The number of benzene rings is 2. The van der Waals surface area contributed by atoms with Crippen LogP contribution in [0.3, 0.4) is 0 Å². The van der Waals surface area contributed by atoms with Crippen LogP contribution in [0.25, 0.3) is 0 Å². The summed E-state index contributed by atoms with van der Waals surface area (Å²) < 4.78 is 5.77. The van der Waals surface area contributed by atoms with Crippen molar-refractivity contribution in [3.63, 3.8) is 0 Å². The third-order valence-corrected chi connectivity index (χ3v) is 3.81. The van der Waals surface area contributed by atoms with Gasteiger partial charge in [-0.3, -0.25) is 4.79 Å². The second-order valence-electron chi connectivity index (χ2n) is 4.91. The van der Waals surface area contributed by atoms with E-state index >= 15 is 0 Å². The molecule has 0 saturated carbocycles. The van der Waals surface area contributed by atoms with Crippen LogP contribution < -0.4 is 10.6 Å². The van der Waals surface area contributed by atoms with Crippen LogP contribution in [-0.4, -0.2) is 5.78 Å². The van der Waals surface area contributed by atoms with Gasteiger partial charge in [0.1, 0.15) is 5.70 Å². The van der Waals surface area contributed by atoms with Gasteiger partial charge < -0.3 is 15.4 Å². The van der Waals surface area contributed by atoms with Gasteiger partial charge in [0.05, 0.1) is 11.4 Å². The molecule has 4 rings (SSSR count). The fourth-order valence-electron chi connectivity index (χ4n) is 2.50. The van der Waals surface area contributed by atoms with E-state index in [2.05, 4.69) is 10.6 Å². The van der Waals surface area contributed by atoms with Crippen LogP contribution in [0.5, 0.6) is 0 Å². The molecule has 5 heteroatoms. The summed E-state index contributed by atoms with van der Waals surface area (Å²) >= 11 is 5.88. The second kappa shape index (κ2) is 4.53. The van der Waals surface area contributed by atoms with Crippen LogP contribution >= 0.6 is 11.6 Å². The summed E-state index contributed by atoms with van der Waals surface area (Å²) in [6.45, 7) is 0. The predicted molar refractivity (Wildman–Crippen MR) is 81.0 cm³/mol. The Hall–Kier alpha value is -2.46. The lowest BCUT2D eigenvalue weighted by atomic mass is 10.0. The number of hydrogen-bond acceptors (Lipinski definition) is 4. The zero-order valence-electron chi connectivity index (χ0n) is 10.9. The topological polar surface area (TPSA) is 50.4 Å². The molecular formula is C16H11ClN2O2. The van der Waals surface area contributed by atoms with Crippen LogP contribution in [0.1, 0.15) is 11.7 Å². The number of para-hydroxylation sites is 2. The van der Waals surface area contributed by atoms with Crippen molar-refractivity contribution in [2.24, 2.45) is 0 Å². The minimum absolute atomic E-state index is 0.0886. The highest BCUT2D eigenvalue weighted by atomic mass is 35.5. The fourth-order valence-corrected chi connectivity index (χ4v) is 2.62. The van der Waals surface area contributed by atoms with E-state index in [1.54, 1.807) is 24.3 Å². The van der Waals surface area contributed by atoms with Gasteiger partial charge in [-0.05, 0) is 24.3 Å². The Morgan fingerprint density at radius 2 is 1.62 bits per heavy atom. The maximum Gasteiger partial charge on any atom is 0.229 e. The van der Waals surface area contributed by atoms with E-state index in [0.717, 1.165) is 16.9 Å². The number of ketones is 1. The minimum atomic E-state index is -0.637. The van der Waals surface area contributed by atoms with Crippen LogP contribution in [0.2, 0.25) is 5.02 Å². The molecule has 0 saturated heterocycles. The highest BCUT2D eigenvalue weighted by Gasteiger charge is 2.38. The van der Waals surface area contributed by atoms with E-state index in [1.807, 2.05) is 24.3 Å². The number of anilines is 2. The number of carbonyl (C=O) groups excluding carboxylic acids is 1. The van der Waals surface area contributed by atoms with Crippen molar-refractivity contribution < 1.29 is 9.53 Å². The Balaban J connectivity index is 1.66. The van der Waals surface area contributed by atoms with Gasteiger partial charge in [-0.2, -0.15) is 0 Å². The zero-order chi connectivity index (χ0) is 14.4. The molecular weight excluding hydrogens is 288 g/mol. The standard InChI is InChI=1S/C16H11ClN2O2/c17-10-7-5-9(6-8-10)15-14(20)13-16(21-15)19-12-4-2-1-3-11(12)18-13/h1-8,15,18-19H/t15-/m0/s1. The first kappa shape index (κ1) is 12.3. The average Bonchev–Trinajstić information content (AvgIpc) is 2.82. The van der Waals surface area contributed by atoms with Gasteiger partial charge in [0, 0.05) is 10.6 Å². The highest BCUT2D eigenvalue weighted by Crippen LogP contribution is 2.39. The normalized spacial score (nSPS) is 19.3. The van der Waals surface area contributed by atoms with Crippen molar-refractivity contribution >= 4 is 28.8 Å². The molecule has 2 aromatic carbocycles. The summed E-state index contributed by atoms with van der Waals surface area (Å²) in [5, 5.41) is 6.91. The van der Waals surface area contributed by atoms with E-state index < -0.39 is 6.10 Å². The number of ether oxygens (including phenoxy) is 1. The van der Waals surface area contributed by atoms with Crippen molar-refractivity contribution in [3.8, 4) is 0 Å². The van der Waals surface area contributed by atoms with Crippen molar-refractivity contribution in [1.29, 1.82) is 0 Å². The monoisotopic (exact) mass is 298 g/mol. The number of rotatable bonds is 1. The second-order valence-corrected chi connectivity index (χ2v) is 5.35. The molecule has 0 unspecified atom stereocenters. The maximum atomic E-state index is 12.5. The highest BCUT2D eigenvalue weighted by molar-refractivity contribution is 6.30. The zero-order valence-corrected chi connectivity index (χ0v) is 11.6. The van der Waals surface area contributed by atoms with Crippen LogP contribution in [0.4, 0.5) is 11.4 Å². The molecule has 1 atom stereocenters. The molecule has 2 aliphatic rings. The molecule has 4 nitrogen and oxygen atoms in total. The van der Waals surface area contributed by atoms with Gasteiger partial charge in [-0.15, -0.1) is 0 Å². The first-order chi connectivity index (χ1) is 10.2. The third-order valence-electron chi connectivity index (χ3n) is 3.55. The Morgan fingerprint density at radius 3 is 2.33 bits per heavy atom. The van der Waals surface area contributed by atoms with Gasteiger partial charge in [0.2, 0.25) is 11.7 Å². The Bertz CT molecular complexity index is 768. The third kappa shape index (κ3) is 1.96. The first-order valence-corrected chi connectivity index (χ1v) is 6.94. The lowest BCUT2D eigenvalue weighted by molar-refractivity contribution is -0.121. The van der Waals surface area contributed by atoms with Crippen LogP contribution in [-0.2, 0) is 9.53 Å². The quantitative estimate of drug-likeness (QED) is 0.843. The van der Waals surface area contributed by atoms with Gasteiger partial charge >= 0.3 is 0 Å². The molecule has 0 radical (unpaired) electrons. The minimum Gasteiger partial charge on any atom is -0.461 e. The number of carbonyl (C=O) groups is 1. The summed E-state index contributed by atoms with van der Waals surface area (Å²) in [5.41, 5.74) is 3.01. The molecule has 2 aromatic rings. The summed E-state index contributed by atoms with van der Waals surface area (Å²) in [7, 11) is 0. The number of fused-ring (bicyclic) bond motifs is 1. The Morgan fingerprint density at radius 1 is 0.952 bits per heavy atom. The van der Waals surface area contributed by atoms with Crippen molar-refractivity contribution in [2.75, 3.05) is 10.6 Å². The lowest BCUT2D eigenvalue weighted by Gasteiger charge is -2.19. The Labute approximate surface area is 126 Å². The molecule has 0 fully saturated rings. The molecule has 0 spiro atoms. The smallest absolute Gasteiger partial charge is 0.229 e. The molecule has 0 aromatic heterocycles. The number of halogens is 1. The predicted octanol–water partition coefficient (Wildman–Crippen LogP) is 3.69. The maximum absolute atomic E-state index is 12.5. The van der Waals surface area contributed by atoms with Gasteiger partial charge in [-0.25, -0.2) is 0 Å². The molecule has 2 heterocycles. The number of hydrogen-bond donors (Lipinski definition) is 2. The molecule has 104 valence electrons. The molecule has 21 heavy (non-hydrogen) atoms. The summed E-state index contributed by atoms with van der Waals surface area (Å²) in [5.74, 6) is 0.382. The van der Waals surface area contributed by atoms with Crippen molar-refractivity contribution in [3.05, 3.63) is 70.7 Å². The molecule has 2 aliphatic heterocycles. The SMILES string of the molecule is O=C1C2=C(Nc3ccccc3N2)O[C@H]1c1ccc(Cl)cc1. The summed E-state index contributed by atoms with van der Waals surface area (Å²) in [6.07, 6.45) is -0.637. The Kier molecular flexibility index (Phi) is 2.65. The van der Waals surface area contributed by atoms with E-state index in [-0.39, 0.29) is 5.78 Å². The fraction of sp³-hybridized carbons (Fsp3) is 0.0625. The van der Waals surface area contributed by atoms with Gasteiger partial charge in [0.15, 0.2) is 6.10 Å².